The molecule has 98 valence electrons. The minimum absolute atomic E-state index is 0.412. The molecule has 0 radical (unpaired) electrons. The second-order valence-corrected chi connectivity index (χ2v) is 5.25. The van der Waals surface area contributed by atoms with Crippen molar-refractivity contribution >= 4 is 34.9 Å². The van der Waals surface area contributed by atoms with Crippen molar-refractivity contribution in [1.29, 1.82) is 5.26 Å². The van der Waals surface area contributed by atoms with Crippen molar-refractivity contribution in [2.75, 3.05) is 0 Å². The smallest absolute Gasteiger partial charge is 0.182 e. The standard InChI is InChI=1S/C15H10ClN3S/c16-11-3-6-14-13(9-11)18-15(20)19(14)12-4-1-10(2-5-12)7-8-17/h1-6,9H,7H2,(H,18,20). The number of aromatic nitrogens is 2. The summed E-state index contributed by atoms with van der Waals surface area (Å²) >= 11 is 11.4. The van der Waals surface area contributed by atoms with Crippen LogP contribution >= 0.6 is 23.8 Å². The molecule has 0 aliphatic rings. The Labute approximate surface area is 126 Å². The molecule has 2 aromatic carbocycles. The monoisotopic (exact) mass is 299 g/mol. The fraction of sp³-hybridized carbons (Fsp3) is 0.0667. The van der Waals surface area contributed by atoms with Crippen LogP contribution in [0.15, 0.2) is 42.5 Å². The minimum Gasteiger partial charge on any atom is -0.330 e. The van der Waals surface area contributed by atoms with Crippen molar-refractivity contribution in [1.82, 2.24) is 9.55 Å². The maximum absolute atomic E-state index is 8.70. The van der Waals surface area contributed by atoms with Gasteiger partial charge in [-0.3, -0.25) is 4.57 Å². The molecule has 0 fully saturated rings. The third-order valence-electron chi connectivity index (χ3n) is 3.12. The van der Waals surface area contributed by atoms with Crippen molar-refractivity contribution in [3.05, 3.63) is 57.8 Å². The van der Waals surface area contributed by atoms with Crippen LogP contribution in [-0.2, 0) is 6.42 Å². The average molecular weight is 300 g/mol. The molecule has 3 rings (SSSR count). The Bertz CT molecular complexity index is 869. The van der Waals surface area contributed by atoms with Crippen molar-refractivity contribution in [3.8, 4) is 11.8 Å². The molecule has 3 aromatic rings. The summed E-state index contributed by atoms with van der Waals surface area (Å²) in [4.78, 5) is 3.15. The highest BCUT2D eigenvalue weighted by atomic mass is 35.5. The van der Waals surface area contributed by atoms with Gasteiger partial charge in [-0.2, -0.15) is 5.26 Å². The number of nitrogens with zero attached hydrogens (tertiary/aromatic N) is 2. The molecule has 0 amide bonds. The van der Waals surface area contributed by atoms with Gasteiger partial charge in [-0.25, -0.2) is 0 Å². The van der Waals surface area contributed by atoms with Gasteiger partial charge >= 0.3 is 0 Å². The lowest BCUT2D eigenvalue weighted by Crippen LogP contribution is -1.94. The van der Waals surface area contributed by atoms with Crippen LogP contribution in [0.2, 0.25) is 5.02 Å². The van der Waals surface area contributed by atoms with E-state index >= 15 is 0 Å². The molecular weight excluding hydrogens is 290 g/mol. The molecule has 3 nitrogen and oxygen atoms in total. The van der Waals surface area contributed by atoms with Gasteiger partial charge in [0.15, 0.2) is 4.77 Å². The molecular formula is C15H10ClN3S. The Balaban J connectivity index is 2.17. The van der Waals surface area contributed by atoms with Gasteiger partial charge in [0.1, 0.15) is 0 Å². The first-order chi connectivity index (χ1) is 9.69. The lowest BCUT2D eigenvalue weighted by Gasteiger charge is -2.05. The summed E-state index contributed by atoms with van der Waals surface area (Å²) in [6.45, 7) is 0. The number of hydrogen-bond acceptors (Lipinski definition) is 2. The van der Waals surface area contributed by atoms with E-state index in [2.05, 4.69) is 11.1 Å². The number of nitriles is 1. The molecule has 0 saturated carbocycles. The fourth-order valence-electron chi connectivity index (χ4n) is 2.19. The number of aromatic amines is 1. The van der Waals surface area contributed by atoms with Crippen LogP contribution in [-0.4, -0.2) is 9.55 Å². The summed E-state index contributed by atoms with van der Waals surface area (Å²) in [6.07, 6.45) is 0.412. The predicted molar refractivity (Wildman–Crippen MR) is 82.8 cm³/mol. The normalized spacial score (nSPS) is 10.6. The van der Waals surface area contributed by atoms with E-state index in [1.54, 1.807) is 0 Å². The van der Waals surface area contributed by atoms with Crippen LogP contribution in [0.4, 0.5) is 0 Å². The fourth-order valence-corrected chi connectivity index (χ4v) is 2.68. The van der Waals surface area contributed by atoms with Gasteiger partial charge in [0.25, 0.3) is 0 Å². The largest absolute Gasteiger partial charge is 0.330 e. The highest BCUT2D eigenvalue weighted by molar-refractivity contribution is 7.71. The maximum Gasteiger partial charge on any atom is 0.182 e. The van der Waals surface area contributed by atoms with Gasteiger partial charge in [-0.15, -0.1) is 0 Å². The van der Waals surface area contributed by atoms with E-state index in [1.807, 2.05) is 47.0 Å². The average Bonchev–Trinajstić information content (AvgIpc) is 2.75. The van der Waals surface area contributed by atoms with Crippen LogP contribution < -0.4 is 0 Å². The first-order valence-electron chi connectivity index (χ1n) is 6.05. The van der Waals surface area contributed by atoms with E-state index in [4.69, 9.17) is 29.1 Å². The Hall–Kier alpha value is -2.09. The first kappa shape index (κ1) is 12.9. The van der Waals surface area contributed by atoms with E-state index in [-0.39, 0.29) is 0 Å². The van der Waals surface area contributed by atoms with Crippen molar-refractivity contribution in [2.45, 2.75) is 6.42 Å². The van der Waals surface area contributed by atoms with Gasteiger partial charge in [0, 0.05) is 10.7 Å². The number of fused-ring (bicyclic) bond motifs is 1. The summed E-state index contributed by atoms with van der Waals surface area (Å²) < 4.78 is 2.58. The Morgan fingerprint density at radius 3 is 2.65 bits per heavy atom. The lowest BCUT2D eigenvalue weighted by molar-refractivity contribution is 1.06. The van der Waals surface area contributed by atoms with E-state index in [1.165, 1.54) is 0 Å². The highest BCUT2D eigenvalue weighted by Gasteiger charge is 2.07. The molecule has 20 heavy (non-hydrogen) atoms. The summed E-state index contributed by atoms with van der Waals surface area (Å²) in [5.41, 5.74) is 3.84. The molecule has 0 spiro atoms. The predicted octanol–water partition coefficient (Wildman–Crippen LogP) is 4.41. The van der Waals surface area contributed by atoms with Crippen LogP contribution in [0.5, 0.6) is 0 Å². The number of H-pyrrole nitrogens is 1. The Morgan fingerprint density at radius 1 is 1.20 bits per heavy atom. The van der Waals surface area contributed by atoms with Crippen LogP contribution in [0, 0.1) is 16.1 Å². The second-order valence-electron chi connectivity index (χ2n) is 4.43. The van der Waals surface area contributed by atoms with Gasteiger partial charge in [-0.1, -0.05) is 23.7 Å². The molecule has 1 aromatic heterocycles. The van der Waals surface area contributed by atoms with Crippen LogP contribution in [0.25, 0.3) is 16.7 Å². The Morgan fingerprint density at radius 2 is 1.95 bits per heavy atom. The SMILES string of the molecule is N#CCc1ccc(-n2c(=S)[nH]c3cc(Cl)ccc32)cc1. The number of imidazole rings is 1. The van der Waals surface area contributed by atoms with E-state index < -0.39 is 0 Å². The molecule has 0 unspecified atom stereocenters. The van der Waals surface area contributed by atoms with Crippen LogP contribution in [0.3, 0.4) is 0 Å². The number of rotatable bonds is 2. The second kappa shape index (κ2) is 5.12. The van der Waals surface area contributed by atoms with Crippen molar-refractivity contribution in [2.24, 2.45) is 0 Å². The zero-order valence-electron chi connectivity index (χ0n) is 10.4. The zero-order chi connectivity index (χ0) is 14.1. The Kier molecular flexibility index (Phi) is 3.31. The summed E-state index contributed by atoms with van der Waals surface area (Å²) in [7, 11) is 0. The van der Waals surface area contributed by atoms with E-state index in [0.717, 1.165) is 22.3 Å². The summed E-state index contributed by atoms with van der Waals surface area (Å²) in [6, 6.07) is 15.6. The van der Waals surface area contributed by atoms with Crippen molar-refractivity contribution in [3.63, 3.8) is 0 Å². The number of benzene rings is 2. The lowest BCUT2D eigenvalue weighted by atomic mass is 10.1. The summed E-state index contributed by atoms with van der Waals surface area (Å²) in [5.74, 6) is 0. The van der Waals surface area contributed by atoms with Crippen LogP contribution in [0.1, 0.15) is 5.56 Å². The number of nitrogens with one attached hydrogen (secondary N) is 1. The molecule has 5 heteroatoms. The molecule has 0 saturated heterocycles. The van der Waals surface area contributed by atoms with Crippen molar-refractivity contribution < 1.29 is 0 Å². The quantitative estimate of drug-likeness (QED) is 0.712. The molecule has 0 aliphatic heterocycles. The maximum atomic E-state index is 8.70. The van der Waals surface area contributed by atoms with Gasteiger partial charge in [0.05, 0.1) is 23.5 Å². The third-order valence-corrected chi connectivity index (χ3v) is 3.64. The first-order valence-corrected chi connectivity index (χ1v) is 6.84. The molecule has 0 bridgehead atoms. The molecule has 0 atom stereocenters. The third kappa shape index (κ3) is 2.22. The van der Waals surface area contributed by atoms with Gasteiger partial charge in [0.2, 0.25) is 0 Å². The van der Waals surface area contributed by atoms with E-state index in [0.29, 0.717) is 16.2 Å². The van der Waals surface area contributed by atoms with Gasteiger partial charge in [-0.05, 0) is 48.1 Å². The number of halogens is 1. The van der Waals surface area contributed by atoms with Gasteiger partial charge < -0.3 is 4.98 Å². The molecule has 1 heterocycles. The highest BCUT2D eigenvalue weighted by Crippen LogP contribution is 2.22. The number of hydrogen-bond donors (Lipinski definition) is 1. The molecule has 1 N–H and O–H groups in total. The summed E-state index contributed by atoms with van der Waals surface area (Å²) in [5, 5.41) is 9.37. The zero-order valence-corrected chi connectivity index (χ0v) is 12.0. The minimum atomic E-state index is 0.412. The molecule has 0 aliphatic carbocycles. The topological polar surface area (TPSA) is 44.5 Å². The van der Waals surface area contributed by atoms with E-state index in [9.17, 15) is 0 Å².